The molecule has 7 heteroatoms. The van der Waals surface area contributed by atoms with Gasteiger partial charge >= 0.3 is 5.97 Å². The zero-order valence-corrected chi connectivity index (χ0v) is 15.9. The van der Waals surface area contributed by atoms with Crippen LogP contribution in [0.4, 0.5) is 11.4 Å². The van der Waals surface area contributed by atoms with Gasteiger partial charge in [0.05, 0.1) is 29.5 Å². The molecule has 0 spiro atoms. The second-order valence-electron chi connectivity index (χ2n) is 6.27. The van der Waals surface area contributed by atoms with Gasteiger partial charge in [0.25, 0.3) is 11.8 Å². The number of aryl methyl sites for hydroxylation is 1. The number of para-hydroxylation sites is 1. The third kappa shape index (κ3) is 4.84. The second-order valence-corrected chi connectivity index (χ2v) is 6.27. The smallest absolute Gasteiger partial charge is 0.339 e. The molecule has 1 heterocycles. The Hall–Kier alpha value is -4.00. The van der Waals surface area contributed by atoms with Crippen molar-refractivity contribution in [1.82, 2.24) is 4.98 Å². The summed E-state index contributed by atoms with van der Waals surface area (Å²) >= 11 is 0. The van der Waals surface area contributed by atoms with Crippen molar-refractivity contribution in [3.8, 4) is 0 Å². The van der Waals surface area contributed by atoms with Crippen molar-refractivity contribution in [2.75, 3.05) is 17.7 Å². The zero-order chi connectivity index (χ0) is 20.8. The third-order valence-electron chi connectivity index (χ3n) is 4.15. The van der Waals surface area contributed by atoms with E-state index in [-0.39, 0.29) is 22.6 Å². The minimum Gasteiger partial charge on any atom is -0.465 e. The number of hydrogen-bond acceptors (Lipinski definition) is 5. The first-order chi connectivity index (χ1) is 14.0. The molecule has 146 valence electrons. The molecule has 29 heavy (non-hydrogen) atoms. The van der Waals surface area contributed by atoms with Gasteiger partial charge in [-0.1, -0.05) is 29.8 Å². The first-order valence-corrected chi connectivity index (χ1v) is 8.79. The van der Waals surface area contributed by atoms with Crippen LogP contribution in [0.25, 0.3) is 0 Å². The number of carbonyl (C=O) groups excluding carboxylic acids is 3. The lowest BCUT2D eigenvalue weighted by Gasteiger charge is -2.10. The van der Waals surface area contributed by atoms with Crippen LogP contribution in [-0.4, -0.2) is 29.9 Å². The molecule has 0 aliphatic rings. The summed E-state index contributed by atoms with van der Waals surface area (Å²) in [5.74, 6) is -1.45. The molecule has 0 saturated heterocycles. The number of carbonyl (C=O) groups is 3. The van der Waals surface area contributed by atoms with Crippen molar-refractivity contribution < 1.29 is 19.1 Å². The van der Waals surface area contributed by atoms with Gasteiger partial charge < -0.3 is 15.4 Å². The Morgan fingerprint density at radius 2 is 1.48 bits per heavy atom. The van der Waals surface area contributed by atoms with E-state index in [4.69, 9.17) is 4.74 Å². The zero-order valence-electron chi connectivity index (χ0n) is 15.9. The number of hydrogen-bond donors (Lipinski definition) is 2. The van der Waals surface area contributed by atoms with Gasteiger partial charge in [-0.3, -0.25) is 14.6 Å². The number of nitrogens with zero attached hydrogens (tertiary/aromatic N) is 1. The highest BCUT2D eigenvalue weighted by Crippen LogP contribution is 2.18. The molecule has 0 aliphatic carbocycles. The number of benzene rings is 2. The van der Waals surface area contributed by atoms with Crippen molar-refractivity contribution in [3.05, 3.63) is 89.2 Å². The Kier molecular flexibility index (Phi) is 5.99. The quantitative estimate of drug-likeness (QED) is 0.649. The van der Waals surface area contributed by atoms with Gasteiger partial charge in [0.15, 0.2) is 0 Å². The molecule has 0 fully saturated rings. The summed E-state index contributed by atoms with van der Waals surface area (Å²) in [7, 11) is 1.26. The monoisotopic (exact) mass is 389 g/mol. The number of esters is 1. The normalized spacial score (nSPS) is 10.1. The largest absolute Gasteiger partial charge is 0.465 e. The van der Waals surface area contributed by atoms with E-state index in [0.29, 0.717) is 11.4 Å². The maximum atomic E-state index is 12.6. The highest BCUT2D eigenvalue weighted by Gasteiger charge is 2.16. The molecule has 3 aromatic rings. The summed E-state index contributed by atoms with van der Waals surface area (Å²) in [6.45, 7) is 1.95. The number of nitrogens with one attached hydrogen (secondary N) is 2. The van der Waals surface area contributed by atoms with Gasteiger partial charge in [-0.25, -0.2) is 4.79 Å². The van der Waals surface area contributed by atoms with Crippen LogP contribution in [0.3, 0.4) is 0 Å². The number of amides is 2. The molecule has 7 nitrogen and oxygen atoms in total. The number of methoxy groups -OCH3 is 1. The van der Waals surface area contributed by atoms with Crippen LogP contribution in [0.5, 0.6) is 0 Å². The maximum Gasteiger partial charge on any atom is 0.339 e. The highest BCUT2D eigenvalue weighted by molar-refractivity contribution is 6.10. The number of pyridine rings is 1. The van der Waals surface area contributed by atoms with Gasteiger partial charge in [0.2, 0.25) is 0 Å². The Labute approximate surface area is 167 Å². The molecule has 2 N–H and O–H groups in total. The summed E-state index contributed by atoms with van der Waals surface area (Å²) in [5, 5.41) is 5.41. The topological polar surface area (TPSA) is 97.4 Å². The summed E-state index contributed by atoms with van der Waals surface area (Å²) in [6, 6.07) is 15.3. The first-order valence-electron chi connectivity index (χ1n) is 8.79. The van der Waals surface area contributed by atoms with Crippen LogP contribution in [0.15, 0.2) is 67.0 Å². The average Bonchev–Trinajstić information content (AvgIpc) is 2.75. The first kappa shape index (κ1) is 19.8. The Morgan fingerprint density at radius 1 is 0.862 bits per heavy atom. The van der Waals surface area contributed by atoms with Crippen LogP contribution in [-0.2, 0) is 4.74 Å². The van der Waals surface area contributed by atoms with Gasteiger partial charge in [0.1, 0.15) is 0 Å². The summed E-state index contributed by atoms with van der Waals surface area (Å²) < 4.78 is 4.72. The lowest BCUT2D eigenvalue weighted by atomic mass is 10.1. The van der Waals surface area contributed by atoms with E-state index in [0.717, 1.165) is 5.56 Å². The molecular weight excluding hydrogens is 370 g/mol. The Balaban J connectivity index is 1.77. The molecule has 0 bridgehead atoms. The molecule has 0 aliphatic heterocycles. The number of anilines is 2. The van der Waals surface area contributed by atoms with Crippen LogP contribution < -0.4 is 10.6 Å². The molecule has 2 aromatic carbocycles. The number of aromatic nitrogens is 1. The number of rotatable bonds is 5. The van der Waals surface area contributed by atoms with Gasteiger partial charge in [-0.15, -0.1) is 0 Å². The van der Waals surface area contributed by atoms with E-state index in [9.17, 15) is 14.4 Å². The van der Waals surface area contributed by atoms with E-state index in [1.807, 2.05) is 19.1 Å². The van der Waals surface area contributed by atoms with Crippen LogP contribution in [0.1, 0.15) is 36.6 Å². The standard InChI is InChI=1S/C22H19N3O4/c1-14-7-9-17(10-8-14)24-20(26)15-11-16(13-23-12-15)21(27)25-19-6-4-3-5-18(19)22(28)29-2/h3-13H,1-2H3,(H,24,26)(H,25,27). The summed E-state index contributed by atoms with van der Waals surface area (Å²) in [5.41, 5.74) is 2.67. The van der Waals surface area contributed by atoms with E-state index in [2.05, 4.69) is 15.6 Å². The fraction of sp³-hybridized carbons (Fsp3) is 0.0909. The molecular formula is C22H19N3O4. The predicted octanol–water partition coefficient (Wildman–Crippen LogP) is 3.68. The fourth-order valence-corrected chi connectivity index (χ4v) is 2.60. The molecule has 3 rings (SSSR count). The molecule has 0 atom stereocenters. The lowest BCUT2D eigenvalue weighted by molar-refractivity contribution is 0.0601. The van der Waals surface area contributed by atoms with Gasteiger partial charge in [-0.2, -0.15) is 0 Å². The maximum absolute atomic E-state index is 12.6. The molecule has 0 unspecified atom stereocenters. The van der Waals surface area contributed by atoms with Crippen molar-refractivity contribution >= 4 is 29.2 Å². The van der Waals surface area contributed by atoms with Crippen molar-refractivity contribution in [3.63, 3.8) is 0 Å². The Morgan fingerprint density at radius 3 is 2.14 bits per heavy atom. The van der Waals surface area contributed by atoms with Crippen LogP contribution in [0.2, 0.25) is 0 Å². The summed E-state index contributed by atoms with van der Waals surface area (Å²) in [6.07, 6.45) is 2.72. The fourth-order valence-electron chi connectivity index (χ4n) is 2.60. The van der Waals surface area contributed by atoms with E-state index >= 15 is 0 Å². The molecule has 2 amide bonds. The van der Waals surface area contributed by atoms with Crippen molar-refractivity contribution in [2.45, 2.75) is 6.92 Å². The minimum atomic E-state index is -0.565. The van der Waals surface area contributed by atoms with Crippen molar-refractivity contribution in [1.29, 1.82) is 0 Å². The van der Waals surface area contributed by atoms with Crippen LogP contribution >= 0.6 is 0 Å². The number of ether oxygens (including phenoxy) is 1. The minimum absolute atomic E-state index is 0.182. The van der Waals surface area contributed by atoms with Crippen molar-refractivity contribution in [2.24, 2.45) is 0 Å². The molecule has 1 aromatic heterocycles. The summed E-state index contributed by atoms with van der Waals surface area (Å²) in [4.78, 5) is 40.9. The second kappa shape index (κ2) is 8.79. The van der Waals surface area contributed by atoms with E-state index in [1.54, 1.807) is 36.4 Å². The molecule has 0 saturated carbocycles. The Bertz CT molecular complexity index is 1060. The highest BCUT2D eigenvalue weighted by atomic mass is 16.5. The SMILES string of the molecule is COC(=O)c1ccccc1NC(=O)c1cncc(C(=O)Nc2ccc(C)cc2)c1. The molecule has 0 radical (unpaired) electrons. The third-order valence-corrected chi connectivity index (χ3v) is 4.15. The van der Waals surface area contributed by atoms with E-state index < -0.39 is 11.9 Å². The van der Waals surface area contributed by atoms with Gasteiger partial charge in [-0.05, 0) is 37.3 Å². The van der Waals surface area contributed by atoms with Gasteiger partial charge in [0, 0.05) is 18.1 Å². The van der Waals surface area contributed by atoms with Crippen LogP contribution in [0, 0.1) is 6.92 Å². The lowest BCUT2D eigenvalue weighted by Crippen LogP contribution is -2.17. The predicted molar refractivity (Wildman–Crippen MR) is 109 cm³/mol. The average molecular weight is 389 g/mol. The van der Waals surface area contributed by atoms with E-state index in [1.165, 1.54) is 25.6 Å².